The van der Waals surface area contributed by atoms with Gasteiger partial charge in [0, 0.05) is 17.4 Å². The molecule has 3 spiro atoms. The molecule has 3 saturated heterocycles. The maximum absolute atomic E-state index is 14.0. The van der Waals surface area contributed by atoms with Crippen LogP contribution in [-0.4, -0.2) is 52.2 Å². The molecule has 0 aromatic rings. The van der Waals surface area contributed by atoms with Gasteiger partial charge in [-0.15, -0.1) is 0 Å². The fourth-order valence-electron chi connectivity index (χ4n) is 8.79. The fourth-order valence-corrected chi connectivity index (χ4v) is 8.79. The molecule has 0 radical (unpaired) electrons. The summed E-state index contributed by atoms with van der Waals surface area (Å²) in [7, 11) is 0. The van der Waals surface area contributed by atoms with Crippen molar-refractivity contribution in [3.05, 3.63) is 24.0 Å². The van der Waals surface area contributed by atoms with Gasteiger partial charge in [-0.05, 0) is 50.0 Å². The van der Waals surface area contributed by atoms with E-state index in [-0.39, 0.29) is 24.1 Å². The number of hydrogen-bond donors (Lipinski definition) is 2. The van der Waals surface area contributed by atoms with Crippen LogP contribution >= 0.6 is 0 Å². The van der Waals surface area contributed by atoms with Crippen molar-refractivity contribution >= 4 is 11.6 Å². The molecule has 7 rings (SSSR count). The van der Waals surface area contributed by atoms with E-state index in [0.717, 1.165) is 6.26 Å². The van der Waals surface area contributed by atoms with E-state index < -0.39 is 51.9 Å². The van der Waals surface area contributed by atoms with Gasteiger partial charge < -0.3 is 24.4 Å². The summed E-state index contributed by atoms with van der Waals surface area (Å²) in [6, 6.07) is 0. The maximum atomic E-state index is 14.0. The average molecular weight is 430 g/mol. The summed E-state index contributed by atoms with van der Waals surface area (Å²) in [5.74, 6) is -4.18. The van der Waals surface area contributed by atoms with Crippen LogP contribution in [0.25, 0.3) is 0 Å². The number of aliphatic hydroxyl groups excluding tert-OH is 2. The monoisotopic (exact) mass is 430 g/mol. The number of carbonyl (C=O) groups is 2. The number of ketones is 2. The quantitative estimate of drug-likeness (QED) is 0.449. The number of ether oxygens (including phenoxy) is 3. The van der Waals surface area contributed by atoms with Gasteiger partial charge in [0.05, 0.1) is 24.4 Å². The molecule has 3 aliphatic heterocycles. The van der Waals surface area contributed by atoms with Crippen molar-refractivity contribution in [3.63, 3.8) is 0 Å². The van der Waals surface area contributed by atoms with E-state index in [2.05, 4.69) is 6.58 Å². The van der Waals surface area contributed by atoms with Gasteiger partial charge >= 0.3 is 0 Å². The first-order valence-electron chi connectivity index (χ1n) is 11.2. The third-order valence-corrected chi connectivity index (χ3v) is 9.40. The van der Waals surface area contributed by atoms with Crippen LogP contribution in [0, 0.1) is 34.0 Å². The second-order valence-corrected chi connectivity index (χ2v) is 11.6. The van der Waals surface area contributed by atoms with Crippen LogP contribution in [0.1, 0.15) is 47.0 Å². The van der Waals surface area contributed by atoms with Gasteiger partial charge in [-0.2, -0.15) is 0 Å². The van der Waals surface area contributed by atoms with Gasteiger partial charge in [-0.3, -0.25) is 9.59 Å². The molecule has 4 aliphatic carbocycles. The van der Waals surface area contributed by atoms with Crippen LogP contribution in [0.5, 0.6) is 0 Å². The van der Waals surface area contributed by atoms with Crippen LogP contribution in [-0.2, 0) is 23.8 Å². The summed E-state index contributed by atoms with van der Waals surface area (Å²) in [5.41, 5.74) is -2.17. The molecule has 2 N–H and O–H groups in total. The Kier molecular flexibility index (Phi) is 3.45. The van der Waals surface area contributed by atoms with E-state index in [9.17, 15) is 19.8 Å². The molecule has 31 heavy (non-hydrogen) atoms. The van der Waals surface area contributed by atoms with Gasteiger partial charge in [0.25, 0.3) is 0 Å². The van der Waals surface area contributed by atoms with Crippen LogP contribution in [0.3, 0.4) is 0 Å². The van der Waals surface area contributed by atoms with Crippen molar-refractivity contribution < 1.29 is 34.0 Å². The highest BCUT2D eigenvalue weighted by Crippen LogP contribution is 2.78. The third kappa shape index (κ3) is 1.79. The molecule has 8 atom stereocenters. The second kappa shape index (κ2) is 5.33. The second-order valence-electron chi connectivity index (χ2n) is 11.6. The highest BCUT2D eigenvalue weighted by molar-refractivity contribution is 6.08. The van der Waals surface area contributed by atoms with Crippen molar-refractivity contribution in [2.75, 3.05) is 6.61 Å². The number of fused-ring (bicyclic) bond motifs is 1. The first kappa shape index (κ1) is 20.1. The molecule has 7 nitrogen and oxygen atoms in total. The minimum Gasteiger partial charge on any atom is -0.515 e. The van der Waals surface area contributed by atoms with Crippen LogP contribution in [0.4, 0.5) is 0 Å². The largest absolute Gasteiger partial charge is 0.515 e. The predicted molar refractivity (Wildman–Crippen MR) is 108 cm³/mol. The molecule has 0 aromatic carbocycles. The Bertz CT molecular complexity index is 978. The van der Waals surface area contributed by atoms with Gasteiger partial charge in [0.2, 0.25) is 5.79 Å². The third-order valence-electron chi connectivity index (χ3n) is 9.40. The number of Topliss-reactive ketones (excluding diaryl/α,β-unsaturated/α-hetero) is 2. The van der Waals surface area contributed by atoms with Gasteiger partial charge in [-0.1, -0.05) is 20.4 Å². The minimum atomic E-state index is -1.59. The fraction of sp³-hybridized carbons (Fsp3) is 0.750. The maximum Gasteiger partial charge on any atom is 0.213 e. The molecule has 3 heterocycles. The molecular formula is C24H30O7. The molecule has 0 aromatic heterocycles. The predicted octanol–water partition coefficient (Wildman–Crippen LogP) is 2.43. The Labute approximate surface area is 181 Å². The number of carbonyl (C=O) groups excluding carboxylic acids is 2. The number of rotatable bonds is 0. The van der Waals surface area contributed by atoms with Gasteiger partial charge in [0.15, 0.2) is 17.4 Å². The van der Waals surface area contributed by atoms with Gasteiger partial charge in [0.1, 0.15) is 11.5 Å². The molecule has 7 aliphatic rings. The Morgan fingerprint density at radius 2 is 1.84 bits per heavy atom. The lowest BCUT2D eigenvalue weighted by molar-refractivity contribution is -0.523. The summed E-state index contributed by atoms with van der Waals surface area (Å²) in [4.78, 5) is 27.9. The SMILES string of the molecule is C=C1C(=O)C23C4OC(C)(C)OC25OC[C@]2(C(=O)/C(=C\O)CC(C)(C)[C@H]2[C@@H]5O)[C@@H]3CC[C@@H]14. The van der Waals surface area contributed by atoms with Crippen molar-refractivity contribution in [1.82, 2.24) is 0 Å². The van der Waals surface area contributed by atoms with E-state index in [0.29, 0.717) is 30.4 Å². The summed E-state index contributed by atoms with van der Waals surface area (Å²) in [5, 5.41) is 21.9. The standard InChI is InChI=1S/C24H30O7/c1-11-13-6-7-14-22-10-29-24(23(14,16(11)26)19(13)30-21(4,5)31-24)18(28)15(22)20(2,3)8-12(9-25)17(22)27/h9,13-15,18-19,25,28H,1,6-8,10H2,2-5H3/b12-9-/t13-,14-,15+,18-,19?,22-,23?,24?/m0/s1. The number of aliphatic hydroxyl groups is 2. The van der Waals surface area contributed by atoms with Crippen LogP contribution in [0.15, 0.2) is 24.0 Å². The molecule has 4 saturated carbocycles. The summed E-state index contributed by atoms with van der Waals surface area (Å²) < 4.78 is 19.2. The molecule has 168 valence electrons. The summed E-state index contributed by atoms with van der Waals surface area (Å²) in [6.07, 6.45) is 0.774. The number of allylic oxidation sites excluding steroid dienone is 1. The molecule has 7 fully saturated rings. The van der Waals surface area contributed by atoms with Crippen molar-refractivity contribution in [2.24, 2.45) is 34.0 Å². The zero-order valence-electron chi connectivity index (χ0n) is 18.4. The lowest BCUT2D eigenvalue weighted by Gasteiger charge is -2.76. The van der Waals surface area contributed by atoms with E-state index in [1.165, 1.54) is 0 Å². The van der Waals surface area contributed by atoms with Crippen LogP contribution in [0.2, 0.25) is 0 Å². The van der Waals surface area contributed by atoms with E-state index in [4.69, 9.17) is 14.2 Å². The zero-order valence-corrected chi connectivity index (χ0v) is 18.4. The normalized spacial score (nSPS) is 54.7. The Balaban J connectivity index is 1.70. The molecule has 0 amide bonds. The lowest BCUT2D eigenvalue weighted by Crippen LogP contribution is -2.88. The van der Waals surface area contributed by atoms with Crippen molar-refractivity contribution in [2.45, 2.75) is 70.7 Å². The first-order valence-corrected chi connectivity index (χ1v) is 11.2. The number of hydrogen-bond acceptors (Lipinski definition) is 7. The van der Waals surface area contributed by atoms with E-state index in [1.807, 2.05) is 13.8 Å². The average Bonchev–Trinajstić information content (AvgIpc) is 2.80. The van der Waals surface area contributed by atoms with Crippen molar-refractivity contribution in [1.29, 1.82) is 0 Å². The topological polar surface area (TPSA) is 102 Å². The molecule has 7 heteroatoms. The minimum absolute atomic E-state index is 0.0496. The zero-order chi connectivity index (χ0) is 22.4. The summed E-state index contributed by atoms with van der Waals surface area (Å²) >= 11 is 0. The molecular weight excluding hydrogens is 400 g/mol. The summed E-state index contributed by atoms with van der Waals surface area (Å²) in [6.45, 7) is 11.7. The van der Waals surface area contributed by atoms with Crippen LogP contribution < -0.4 is 0 Å². The van der Waals surface area contributed by atoms with Crippen molar-refractivity contribution in [3.8, 4) is 0 Å². The Morgan fingerprint density at radius 3 is 2.52 bits per heavy atom. The lowest BCUT2D eigenvalue weighted by atomic mass is 9.35. The highest BCUT2D eigenvalue weighted by Gasteiger charge is 2.90. The Morgan fingerprint density at radius 1 is 1.13 bits per heavy atom. The molecule has 4 bridgehead atoms. The smallest absolute Gasteiger partial charge is 0.213 e. The van der Waals surface area contributed by atoms with E-state index >= 15 is 0 Å². The van der Waals surface area contributed by atoms with E-state index in [1.54, 1.807) is 13.8 Å². The Hall–Kier alpha value is -1.54. The highest BCUT2D eigenvalue weighted by atomic mass is 16.8. The van der Waals surface area contributed by atoms with Gasteiger partial charge in [-0.25, -0.2) is 0 Å². The molecule has 3 unspecified atom stereocenters. The first-order chi connectivity index (χ1) is 14.4.